The Morgan fingerprint density at radius 2 is 1.76 bits per heavy atom. The number of halogens is 1. The van der Waals surface area contributed by atoms with Gasteiger partial charge in [-0.3, -0.25) is 4.99 Å². The van der Waals surface area contributed by atoms with Crippen molar-refractivity contribution in [3.8, 4) is 0 Å². The summed E-state index contributed by atoms with van der Waals surface area (Å²) in [6.07, 6.45) is 1.40. The van der Waals surface area contributed by atoms with Gasteiger partial charge in [-0.1, -0.05) is 62.7 Å². The molecule has 1 saturated heterocycles. The first-order valence-electron chi connectivity index (χ1n) is 11.8. The van der Waals surface area contributed by atoms with Crippen molar-refractivity contribution in [2.75, 3.05) is 26.2 Å². The van der Waals surface area contributed by atoms with E-state index in [-0.39, 0.29) is 23.4 Å². The van der Waals surface area contributed by atoms with E-state index < -0.39 is 10.0 Å². The first kappa shape index (κ1) is 26.7. The second-order valence-electron chi connectivity index (χ2n) is 10.3. The van der Waals surface area contributed by atoms with E-state index in [0.29, 0.717) is 37.4 Å². The predicted molar refractivity (Wildman–Crippen MR) is 141 cm³/mol. The Hall–Kier alpha value is -1.93. The second kappa shape index (κ2) is 10.4. The van der Waals surface area contributed by atoms with Gasteiger partial charge in [0.15, 0.2) is 0 Å². The Labute approximate surface area is 210 Å². The highest BCUT2D eigenvalue weighted by molar-refractivity contribution is 7.89. The minimum atomic E-state index is -3.51. The van der Waals surface area contributed by atoms with Crippen molar-refractivity contribution < 1.29 is 8.42 Å². The fourth-order valence-corrected chi connectivity index (χ4v) is 6.17. The summed E-state index contributed by atoms with van der Waals surface area (Å²) in [5.41, 5.74) is 3.29. The molecule has 0 saturated carbocycles. The van der Waals surface area contributed by atoms with Crippen molar-refractivity contribution >= 4 is 28.3 Å². The minimum Gasteiger partial charge on any atom is -0.368 e. The van der Waals surface area contributed by atoms with Crippen molar-refractivity contribution in [2.24, 2.45) is 4.99 Å². The van der Waals surface area contributed by atoms with Gasteiger partial charge >= 0.3 is 0 Å². The molecule has 0 aliphatic carbocycles. The zero-order chi connectivity index (χ0) is 23.7. The Morgan fingerprint density at radius 3 is 2.38 bits per heavy atom. The molecule has 0 aromatic heterocycles. The molecule has 0 bridgehead atoms. The van der Waals surface area contributed by atoms with E-state index in [9.17, 15) is 8.42 Å². The predicted octanol–water partition coefficient (Wildman–Crippen LogP) is 4.03. The molecule has 8 heteroatoms. The Morgan fingerprint density at radius 1 is 1.09 bits per heavy atom. The molecule has 0 radical (unpaired) electrons. The van der Waals surface area contributed by atoms with Crippen molar-refractivity contribution in [3.05, 3.63) is 65.2 Å². The van der Waals surface area contributed by atoms with E-state index in [1.807, 2.05) is 12.1 Å². The van der Waals surface area contributed by atoms with Gasteiger partial charge in [-0.15, -0.1) is 12.4 Å². The zero-order valence-electron chi connectivity index (χ0n) is 20.6. The van der Waals surface area contributed by atoms with Crippen molar-refractivity contribution in [1.82, 2.24) is 14.9 Å². The van der Waals surface area contributed by atoms with Crippen molar-refractivity contribution in [3.63, 3.8) is 0 Å². The highest BCUT2D eigenvalue weighted by Crippen LogP contribution is 2.30. The molecule has 0 amide bonds. The Bertz CT molecular complexity index is 1120. The Balaban J connectivity index is 0.00000324. The molecule has 0 unspecified atom stereocenters. The number of aliphatic imine (C=N–C) groups is 1. The van der Waals surface area contributed by atoms with Gasteiger partial charge in [0, 0.05) is 26.2 Å². The summed E-state index contributed by atoms with van der Waals surface area (Å²) < 4.78 is 28.2. The molecule has 6 nitrogen and oxygen atoms in total. The van der Waals surface area contributed by atoms with E-state index >= 15 is 0 Å². The van der Waals surface area contributed by atoms with E-state index in [2.05, 4.69) is 62.6 Å². The first-order valence-corrected chi connectivity index (χ1v) is 13.2. The number of nitrogens with zero attached hydrogens (tertiary/aromatic N) is 2. The number of rotatable bonds is 4. The fraction of sp³-hybridized carbons (Fsp3) is 0.500. The van der Waals surface area contributed by atoms with Crippen LogP contribution >= 0.6 is 12.4 Å². The topological polar surface area (TPSA) is 73.8 Å². The van der Waals surface area contributed by atoms with E-state index in [0.717, 1.165) is 24.5 Å². The Kier molecular flexibility index (Phi) is 8.13. The SMILES string of the molecule is Cc1cccc(CNC2=NCCNC23CCN(S(=O)(=O)c2ccc(C(C)(C)C)cc2)CC3)c1.Cl. The highest BCUT2D eigenvalue weighted by Gasteiger charge is 2.43. The van der Waals surface area contributed by atoms with E-state index in [1.165, 1.54) is 11.1 Å². The quantitative estimate of drug-likeness (QED) is 0.659. The molecule has 4 rings (SSSR count). The maximum atomic E-state index is 13.3. The molecule has 1 fully saturated rings. The monoisotopic (exact) mass is 504 g/mol. The molecular weight excluding hydrogens is 468 g/mol. The normalized spacial score (nSPS) is 18.8. The highest BCUT2D eigenvalue weighted by atomic mass is 35.5. The van der Waals surface area contributed by atoms with Crippen LogP contribution in [0.15, 0.2) is 58.4 Å². The number of nitrogens with one attached hydrogen (secondary N) is 2. The number of amidine groups is 1. The van der Waals surface area contributed by atoms with E-state index in [1.54, 1.807) is 16.4 Å². The van der Waals surface area contributed by atoms with Gasteiger partial charge in [-0.05, 0) is 48.4 Å². The molecule has 34 heavy (non-hydrogen) atoms. The lowest BCUT2D eigenvalue weighted by molar-refractivity contribution is 0.241. The lowest BCUT2D eigenvalue weighted by atomic mass is 9.85. The minimum absolute atomic E-state index is 0. The summed E-state index contributed by atoms with van der Waals surface area (Å²) in [4.78, 5) is 5.17. The molecule has 2 aromatic rings. The van der Waals surface area contributed by atoms with Gasteiger partial charge in [0.2, 0.25) is 10.0 Å². The van der Waals surface area contributed by atoms with Crippen molar-refractivity contribution in [1.29, 1.82) is 0 Å². The standard InChI is InChI=1S/C26H36N4O2S.ClH/c1-20-6-5-7-21(18-20)19-28-24-26(29-15-14-27-24)12-16-30(17-13-26)33(31,32)23-10-8-22(9-11-23)25(2,3)4;/h5-11,18,29H,12-17,19H2,1-4H3,(H,27,28);1H. The number of hydrogen-bond donors (Lipinski definition) is 2. The van der Waals surface area contributed by atoms with Gasteiger partial charge in [0.1, 0.15) is 5.84 Å². The molecule has 2 N–H and O–H groups in total. The lowest BCUT2D eigenvalue weighted by Crippen LogP contribution is -2.64. The van der Waals surface area contributed by atoms with Crippen LogP contribution in [-0.4, -0.2) is 50.3 Å². The van der Waals surface area contributed by atoms with Crippen LogP contribution in [0.5, 0.6) is 0 Å². The average molecular weight is 505 g/mol. The number of sulfonamides is 1. The third-order valence-corrected chi connectivity index (χ3v) is 8.69. The summed E-state index contributed by atoms with van der Waals surface area (Å²) in [5.74, 6) is 0.960. The summed E-state index contributed by atoms with van der Waals surface area (Å²) in [6.45, 7) is 11.7. The smallest absolute Gasteiger partial charge is 0.243 e. The zero-order valence-corrected chi connectivity index (χ0v) is 22.2. The molecule has 1 spiro atoms. The molecule has 2 aliphatic heterocycles. The van der Waals surface area contributed by atoms with Crippen LogP contribution < -0.4 is 10.6 Å². The van der Waals surface area contributed by atoms with Crippen LogP contribution in [0, 0.1) is 6.92 Å². The number of hydrogen-bond acceptors (Lipinski definition) is 5. The third kappa shape index (κ3) is 5.65. The van der Waals surface area contributed by atoms with Gasteiger partial charge < -0.3 is 10.6 Å². The summed E-state index contributed by atoms with van der Waals surface area (Å²) in [5, 5.41) is 7.20. The van der Waals surface area contributed by atoms with Crippen LogP contribution in [0.25, 0.3) is 0 Å². The van der Waals surface area contributed by atoms with Gasteiger partial charge in [0.25, 0.3) is 0 Å². The van der Waals surface area contributed by atoms with E-state index in [4.69, 9.17) is 4.99 Å². The van der Waals surface area contributed by atoms with Crippen LogP contribution in [0.3, 0.4) is 0 Å². The maximum absolute atomic E-state index is 13.3. The molecule has 0 atom stereocenters. The summed E-state index contributed by atoms with van der Waals surface area (Å²) >= 11 is 0. The van der Waals surface area contributed by atoms with Crippen LogP contribution in [0.4, 0.5) is 0 Å². The fourth-order valence-electron chi connectivity index (χ4n) is 4.73. The maximum Gasteiger partial charge on any atom is 0.243 e. The molecular formula is C26H37ClN4O2S. The lowest BCUT2D eigenvalue weighted by Gasteiger charge is -2.44. The second-order valence-corrected chi connectivity index (χ2v) is 12.2. The molecule has 2 aromatic carbocycles. The van der Waals surface area contributed by atoms with Crippen LogP contribution in [0.2, 0.25) is 0 Å². The number of benzene rings is 2. The summed E-state index contributed by atoms with van der Waals surface area (Å²) in [7, 11) is -3.51. The average Bonchev–Trinajstić information content (AvgIpc) is 2.78. The molecule has 2 aliphatic rings. The number of piperidine rings is 1. The largest absolute Gasteiger partial charge is 0.368 e. The first-order chi connectivity index (χ1) is 15.6. The number of aryl methyl sites for hydroxylation is 1. The van der Waals surface area contributed by atoms with Crippen molar-refractivity contribution in [2.45, 2.75) is 62.9 Å². The summed E-state index contributed by atoms with van der Waals surface area (Å²) in [6, 6.07) is 15.8. The molecule has 2 heterocycles. The van der Waals surface area contributed by atoms with Gasteiger partial charge in [0.05, 0.1) is 17.0 Å². The van der Waals surface area contributed by atoms with Gasteiger partial charge in [-0.2, -0.15) is 4.31 Å². The van der Waals surface area contributed by atoms with Gasteiger partial charge in [-0.25, -0.2) is 8.42 Å². The van der Waals surface area contributed by atoms with Crippen LogP contribution in [-0.2, 0) is 22.0 Å². The molecule has 186 valence electrons. The third-order valence-electron chi connectivity index (χ3n) is 6.77. The van der Waals surface area contributed by atoms with Crippen LogP contribution in [0.1, 0.15) is 50.3 Å².